The molecule has 9 heteroatoms. The molecule has 2 aromatic heterocycles. The first-order valence-corrected chi connectivity index (χ1v) is 10.4. The number of nitrogens with zero attached hydrogens (tertiary/aromatic N) is 4. The number of hydrogen-bond acceptors (Lipinski definition) is 6. The first kappa shape index (κ1) is 18.6. The van der Waals surface area contributed by atoms with Crippen molar-refractivity contribution in [3.63, 3.8) is 0 Å². The normalized spacial score (nSPS) is 23.9. The highest BCUT2D eigenvalue weighted by molar-refractivity contribution is 7.18. The van der Waals surface area contributed by atoms with Gasteiger partial charge in [-0.15, -0.1) is 11.3 Å². The molecule has 0 saturated carbocycles. The molecule has 0 aromatic carbocycles. The number of rotatable bonds is 4. The van der Waals surface area contributed by atoms with Gasteiger partial charge < -0.3 is 14.5 Å². The van der Waals surface area contributed by atoms with Gasteiger partial charge in [-0.3, -0.25) is 0 Å². The minimum atomic E-state index is -4.20. The molecule has 3 saturated heterocycles. The topological polar surface area (TPSA) is 41.5 Å². The zero-order chi connectivity index (χ0) is 19.6. The average Bonchev–Trinajstić information content (AvgIpc) is 3.14. The van der Waals surface area contributed by atoms with Gasteiger partial charge in [-0.05, 0) is 12.5 Å². The largest absolute Gasteiger partial charge is 0.393 e. The number of fused-ring (bicyclic) bond motifs is 1. The van der Waals surface area contributed by atoms with E-state index in [1.807, 2.05) is 0 Å². The van der Waals surface area contributed by atoms with Crippen LogP contribution in [-0.4, -0.2) is 67.0 Å². The van der Waals surface area contributed by atoms with E-state index in [0.717, 1.165) is 74.9 Å². The van der Waals surface area contributed by atoms with Gasteiger partial charge in [0.2, 0.25) is 0 Å². The fraction of sp³-hybridized carbons (Fsp3) is 0.684. The van der Waals surface area contributed by atoms with Crippen LogP contribution in [0.2, 0.25) is 0 Å². The molecule has 5 heterocycles. The van der Waals surface area contributed by atoms with E-state index >= 15 is 0 Å². The Labute approximate surface area is 165 Å². The van der Waals surface area contributed by atoms with Crippen molar-refractivity contribution in [2.24, 2.45) is 10.8 Å². The van der Waals surface area contributed by atoms with Gasteiger partial charge in [-0.25, -0.2) is 9.97 Å². The molecule has 0 atom stereocenters. The van der Waals surface area contributed by atoms with E-state index in [1.54, 1.807) is 6.07 Å². The van der Waals surface area contributed by atoms with E-state index in [1.165, 1.54) is 6.33 Å². The van der Waals surface area contributed by atoms with Gasteiger partial charge in [0.25, 0.3) is 0 Å². The standard InChI is InChI=1S/C19H23F3N4OS/c1-17(10-27-11-17)6-25-7-18(8-25)2-3-26(9-18)15-14-4-13(5-19(20,21)22)28-16(14)24-12-23-15/h4,12H,2-3,5-11H2,1H3. The SMILES string of the molecule is CC1(CN2CC3(CCN(c4ncnc5sc(CC(F)(F)F)cc45)C3)C2)COC1. The van der Waals surface area contributed by atoms with Gasteiger partial charge in [0.15, 0.2) is 0 Å². The molecule has 1 spiro atoms. The molecule has 5 rings (SSSR count). The first-order valence-electron chi connectivity index (χ1n) is 9.58. The molecule has 28 heavy (non-hydrogen) atoms. The Kier molecular flexibility index (Phi) is 4.16. The fourth-order valence-corrected chi connectivity index (χ4v) is 5.92. The van der Waals surface area contributed by atoms with Gasteiger partial charge >= 0.3 is 6.18 Å². The number of halogens is 3. The Balaban J connectivity index is 1.29. The number of hydrogen-bond donors (Lipinski definition) is 0. The van der Waals surface area contributed by atoms with Crippen molar-refractivity contribution in [3.8, 4) is 0 Å². The molecule has 0 aliphatic carbocycles. The molecule has 0 bridgehead atoms. The summed E-state index contributed by atoms with van der Waals surface area (Å²) in [6.07, 6.45) is -2.54. The molecular weight excluding hydrogens is 389 g/mol. The maximum Gasteiger partial charge on any atom is 0.393 e. The monoisotopic (exact) mass is 412 g/mol. The van der Waals surface area contributed by atoms with Crippen LogP contribution in [0.5, 0.6) is 0 Å². The number of thiophene rings is 1. The highest BCUT2D eigenvalue weighted by Crippen LogP contribution is 2.44. The van der Waals surface area contributed by atoms with E-state index < -0.39 is 12.6 Å². The van der Waals surface area contributed by atoms with Crippen molar-refractivity contribution < 1.29 is 17.9 Å². The fourth-order valence-electron chi connectivity index (χ4n) is 4.90. The summed E-state index contributed by atoms with van der Waals surface area (Å²) in [6.45, 7) is 9.01. The Hall–Kier alpha value is -1.45. The Morgan fingerprint density at radius 2 is 2.00 bits per heavy atom. The molecule has 3 aliphatic rings. The van der Waals surface area contributed by atoms with Crippen LogP contribution in [0.3, 0.4) is 0 Å². The second-order valence-corrected chi connectivity index (χ2v) is 10.2. The molecule has 5 nitrogen and oxygen atoms in total. The summed E-state index contributed by atoms with van der Waals surface area (Å²) >= 11 is 1.11. The van der Waals surface area contributed by atoms with Crippen LogP contribution in [0.1, 0.15) is 18.2 Å². The number of anilines is 1. The third-order valence-corrected chi connectivity index (χ3v) is 7.14. The lowest BCUT2D eigenvalue weighted by Gasteiger charge is -2.52. The lowest BCUT2D eigenvalue weighted by atomic mass is 9.76. The molecule has 0 unspecified atom stereocenters. The summed E-state index contributed by atoms with van der Waals surface area (Å²) in [7, 11) is 0. The second kappa shape index (κ2) is 6.27. The van der Waals surface area contributed by atoms with Gasteiger partial charge in [0, 0.05) is 48.4 Å². The summed E-state index contributed by atoms with van der Waals surface area (Å²) in [6, 6.07) is 1.62. The van der Waals surface area contributed by atoms with Crippen molar-refractivity contribution in [1.29, 1.82) is 0 Å². The third kappa shape index (κ3) is 3.37. The molecule has 0 radical (unpaired) electrons. The van der Waals surface area contributed by atoms with E-state index in [2.05, 4.69) is 26.7 Å². The highest BCUT2D eigenvalue weighted by atomic mass is 32.1. The van der Waals surface area contributed by atoms with Gasteiger partial charge in [0.05, 0.1) is 25.0 Å². The smallest absolute Gasteiger partial charge is 0.380 e. The van der Waals surface area contributed by atoms with E-state index in [9.17, 15) is 13.2 Å². The number of ether oxygens (including phenoxy) is 1. The summed E-state index contributed by atoms with van der Waals surface area (Å²) in [5, 5.41) is 0.749. The average molecular weight is 412 g/mol. The molecule has 0 amide bonds. The second-order valence-electron chi connectivity index (χ2n) is 9.04. The quantitative estimate of drug-likeness (QED) is 0.771. The zero-order valence-electron chi connectivity index (χ0n) is 15.8. The molecule has 0 N–H and O–H groups in total. The summed E-state index contributed by atoms with van der Waals surface area (Å²) < 4.78 is 43.6. The Bertz CT molecular complexity index is 889. The Morgan fingerprint density at radius 3 is 2.68 bits per heavy atom. The highest BCUT2D eigenvalue weighted by Gasteiger charge is 2.50. The lowest BCUT2D eigenvalue weighted by molar-refractivity contribution is -0.135. The number of aromatic nitrogens is 2. The molecular formula is C19H23F3N4OS. The number of likely N-dealkylation sites (tertiary alicyclic amines) is 1. The molecule has 152 valence electrons. The van der Waals surface area contributed by atoms with Crippen molar-refractivity contribution in [3.05, 3.63) is 17.3 Å². The van der Waals surface area contributed by atoms with Crippen LogP contribution in [0, 0.1) is 10.8 Å². The summed E-state index contributed by atoms with van der Waals surface area (Å²) in [4.78, 5) is 14.3. The summed E-state index contributed by atoms with van der Waals surface area (Å²) in [5.74, 6) is 0.782. The van der Waals surface area contributed by atoms with Crippen LogP contribution in [0.25, 0.3) is 10.2 Å². The van der Waals surface area contributed by atoms with Crippen LogP contribution < -0.4 is 4.90 Å². The molecule has 2 aromatic rings. The predicted octanol–water partition coefficient (Wildman–Crippen LogP) is 3.34. The maximum absolute atomic E-state index is 12.8. The van der Waals surface area contributed by atoms with Crippen LogP contribution in [0.4, 0.5) is 19.0 Å². The Morgan fingerprint density at radius 1 is 1.21 bits per heavy atom. The first-order chi connectivity index (χ1) is 13.2. The zero-order valence-corrected chi connectivity index (χ0v) is 16.6. The van der Waals surface area contributed by atoms with Crippen molar-refractivity contribution in [2.75, 3.05) is 50.8 Å². The van der Waals surface area contributed by atoms with Gasteiger partial charge in [-0.1, -0.05) is 6.92 Å². The van der Waals surface area contributed by atoms with Crippen LogP contribution in [0.15, 0.2) is 12.4 Å². The van der Waals surface area contributed by atoms with Crippen LogP contribution >= 0.6 is 11.3 Å². The van der Waals surface area contributed by atoms with E-state index in [4.69, 9.17) is 4.74 Å². The predicted molar refractivity (Wildman–Crippen MR) is 102 cm³/mol. The summed E-state index contributed by atoms with van der Waals surface area (Å²) in [5.41, 5.74) is 0.577. The number of alkyl halides is 3. The van der Waals surface area contributed by atoms with E-state index in [0.29, 0.717) is 15.1 Å². The maximum atomic E-state index is 12.8. The van der Waals surface area contributed by atoms with Crippen molar-refractivity contribution in [1.82, 2.24) is 14.9 Å². The third-order valence-electron chi connectivity index (χ3n) is 6.10. The van der Waals surface area contributed by atoms with Gasteiger partial charge in [-0.2, -0.15) is 13.2 Å². The lowest BCUT2D eigenvalue weighted by Crippen LogP contribution is -2.62. The minimum absolute atomic E-state index is 0.281. The van der Waals surface area contributed by atoms with E-state index in [-0.39, 0.29) is 5.41 Å². The molecule has 3 aliphatic heterocycles. The molecule has 3 fully saturated rings. The van der Waals surface area contributed by atoms with Gasteiger partial charge in [0.1, 0.15) is 17.0 Å². The minimum Gasteiger partial charge on any atom is -0.380 e. The van der Waals surface area contributed by atoms with Crippen LogP contribution in [-0.2, 0) is 11.2 Å². The van der Waals surface area contributed by atoms with Crippen molar-refractivity contribution in [2.45, 2.75) is 25.9 Å². The van der Waals surface area contributed by atoms with Crippen molar-refractivity contribution >= 4 is 27.4 Å².